The molecule has 0 saturated carbocycles. The maximum Gasteiger partial charge on any atom is 0.245 e. The molecular formula is C38H56N6O5S2. The number of amides is 4. The monoisotopic (exact) mass is 740 g/mol. The highest BCUT2D eigenvalue weighted by Crippen LogP contribution is 2.51. The standard InChI is InChI=1S/C38H56N6O5S2/c1-35(2,3)43-33(49)30-37(6,7)51-38(8,9)44(30)23-26(45)22-40-32(48)29-36(4,5)50-34(42-29)28(31(47)39-21-25-18-14-11-15-19-25)41-27(46)20-24-16-12-10-13-17-24/h10-19,26,28-30,34,42,45H,20-23H2,1-9H3,(H,39,47)(H,40,48)(H,41,46)(H,43,49)/t26-,28-,29+,30?,34-/m1/s1. The van der Waals surface area contributed by atoms with Crippen LogP contribution in [0.3, 0.4) is 0 Å². The molecule has 0 bridgehead atoms. The Morgan fingerprint density at radius 1 is 0.863 bits per heavy atom. The van der Waals surface area contributed by atoms with E-state index in [9.17, 15) is 24.3 Å². The van der Waals surface area contributed by atoms with Gasteiger partial charge in [0.15, 0.2) is 0 Å². The summed E-state index contributed by atoms with van der Waals surface area (Å²) in [4.78, 5) is 55.7. The molecule has 1 unspecified atom stereocenters. The molecule has 13 heteroatoms. The van der Waals surface area contributed by atoms with E-state index >= 15 is 0 Å². The lowest BCUT2D eigenvalue weighted by molar-refractivity contribution is -0.130. The molecule has 2 heterocycles. The highest BCUT2D eigenvalue weighted by atomic mass is 32.2. The molecule has 280 valence electrons. The lowest BCUT2D eigenvalue weighted by Gasteiger charge is -2.37. The number of benzene rings is 2. The first-order valence-electron chi connectivity index (χ1n) is 17.5. The van der Waals surface area contributed by atoms with Gasteiger partial charge in [0.2, 0.25) is 23.6 Å². The van der Waals surface area contributed by atoms with Crippen molar-refractivity contribution >= 4 is 47.2 Å². The molecule has 2 saturated heterocycles. The van der Waals surface area contributed by atoms with E-state index in [1.807, 2.05) is 128 Å². The number of aliphatic hydroxyl groups excluding tert-OH is 1. The Labute approximate surface area is 311 Å². The van der Waals surface area contributed by atoms with E-state index in [0.29, 0.717) is 0 Å². The summed E-state index contributed by atoms with van der Waals surface area (Å²) in [6.45, 7) is 18.3. The van der Waals surface area contributed by atoms with Crippen LogP contribution in [0.5, 0.6) is 0 Å². The van der Waals surface area contributed by atoms with Crippen LogP contribution < -0.4 is 26.6 Å². The van der Waals surface area contributed by atoms with Crippen molar-refractivity contribution in [3.8, 4) is 0 Å². The third kappa shape index (κ3) is 11.0. The van der Waals surface area contributed by atoms with E-state index in [1.165, 1.54) is 11.8 Å². The second-order valence-electron chi connectivity index (χ2n) is 16.0. The van der Waals surface area contributed by atoms with Crippen molar-refractivity contribution in [2.24, 2.45) is 0 Å². The topological polar surface area (TPSA) is 152 Å². The van der Waals surface area contributed by atoms with Crippen LogP contribution in [-0.2, 0) is 32.1 Å². The van der Waals surface area contributed by atoms with Gasteiger partial charge in [-0.05, 0) is 73.4 Å². The lowest BCUT2D eigenvalue weighted by atomic mass is 9.97. The number of aliphatic hydroxyl groups is 1. The lowest BCUT2D eigenvalue weighted by Crippen LogP contribution is -2.60. The predicted octanol–water partition coefficient (Wildman–Crippen LogP) is 3.16. The zero-order valence-corrected chi connectivity index (χ0v) is 33.0. The Morgan fingerprint density at radius 3 is 2.04 bits per heavy atom. The van der Waals surface area contributed by atoms with E-state index in [0.717, 1.165) is 11.1 Å². The molecule has 2 aliphatic rings. The average Bonchev–Trinajstić information content (AvgIpc) is 3.44. The average molecular weight is 741 g/mol. The van der Waals surface area contributed by atoms with Gasteiger partial charge in [-0.1, -0.05) is 60.7 Å². The first-order chi connectivity index (χ1) is 23.7. The largest absolute Gasteiger partial charge is 0.390 e. The molecule has 2 fully saturated rings. The Balaban J connectivity index is 1.43. The van der Waals surface area contributed by atoms with Crippen LogP contribution >= 0.6 is 23.5 Å². The van der Waals surface area contributed by atoms with Gasteiger partial charge in [-0.2, -0.15) is 0 Å². The zero-order chi connectivity index (χ0) is 37.8. The number of rotatable bonds is 13. The molecule has 5 atom stereocenters. The van der Waals surface area contributed by atoms with Gasteiger partial charge < -0.3 is 26.4 Å². The van der Waals surface area contributed by atoms with Gasteiger partial charge in [-0.3, -0.25) is 29.4 Å². The first-order valence-corrected chi connectivity index (χ1v) is 19.2. The highest BCUT2D eigenvalue weighted by molar-refractivity contribution is 8.02. The second-order valence-corrected chi connectivity index (χ2v) is 20.0. The quantitative estimate of drug-likeness (QED) is 0.182. The molecule has 0 radical (unpaired) electrons. The summed E-state index contributed by atoms with van der Waals surface area (Å²) in [5.41, 5.74) is 1.33. The fourth-order valence-electron chi connectivity index (χ4n) is 6.81. The Morgan fingerprint density at radius 2 is 1.45 bits per heavy atom. The molecule has 6 N–H and O–H groups in total. The van der Waals surface area contributed by atoms with Crippen molar-refractivity contribution < 1.29 is 24.3 Å². The maximum atomic E-state index is 13.7. The molecule has 51 heavy (non-hydrogen) atoms. The summed E-state index contributed by atoms with van der Waals surface area (Å²) in [6, 6.07) is 16.6. The summed E-state index contributed by atoms with van der Waals surface area (Å²) < 4.78 is -1.07. The van der Waals surface area contributed by atoms with Gasteiger partial charge in [-0.25, -0.2) is 0 Å². The molecule has 2 aliphatic heterocycles. The van der Waals surface area contributed by atoms with Gasteiger partial charge in [0.25, 0.3) is 0 Å². The second kappa shape index (κ2) is 16.3. The fraction of sp³-hybridized carbons (Fsp3) is 0.579. The molecule has 4 amide bonds. The summed E-state index contributed by atoms with van der Waals surface area (Å²) in [6.07, 6.45) is -0.844. The smallest absolute Gasteiger partial charge is 0.245 e. The van der Waals surface area contributed by atoms with E-state index in [2.05, 4.69) is 26.6 Å². The molecule has 2 aromatic carbocycles. The number of hydrogen-bond acceptors (Lipinski definition) is 9. The molecule has 4 rings (SSSR count). The highest BCUT2D eigenvalue weighted by Gasteiger charge is 2.55. The van der Waals surface area contributed by atoms with E-state index < -0.39 is 49.5 Å². The number of hydrogen-bond donors (Lipinski definition) is 6. The van der Waals surface area contributed by atoms with E-state index in [-0.39, 0.29) is 49.7 Å². The van der Waals surface area contributed by atoms with Crippen LogP contribution in [0.2, 0.25) is 0 Å². The van der Waals surface area contributed by atoms with Crippen molar-refractivity contribution in [2.45, 2.75) is 125 Å². The third-order valence-electron chi connectivity index (χ3n) is 8.98. The van der Waals surface area contributed by atoms with Gasteiger partial charge in [0.1, 0.15) is 18.1 Å². The van der Waals surface area contributed by atoms with Gasteiger partial charge in [0, 0.05) is 34.7 Å². The number of nitrogens with one attached hydrogen (secondary N) is 5. The van der Waals surface area contributed by atoms with Gasteiger partial charge >= 0.3 is 0 Å². The van der Waals surface area contributed by atoms with Crippen LogP contribution in [-0.4, -0.2) is 96.2 Å². The van der Waals surface area contributed by atoms with Crippen LogP contribution in [0.15, 0.2) is 60.7 Å². The third-order valence-corrected chi connectivity index (χ3v) is 12.0. The molecule has 0 aromatic heterocycles. The number of thioether (sulfide) groups is 2. The fourth-order valence-corrected chi connectivity index (χ4v) is 10.2. The summed E-state index contributed by atoms with van der Waals surface area (Å²) in [5, 5.41) is 25.8. The first kappa shape index (κ1) is 40.7. The number of β-amino-alcohol motifs (C(OH)–C–C–N with tert-alkyl or cyclic N) is 1. The number of nitrogens with zero attached hydrogens (tertiary/aromatic N) is 1. The summed E-state index contributed by atoms with van der Waals surface area (Å²) in [5.74, 6) is -1.10. The van der Waals surface area contributed by atoms with Crippen molar-refractivity contribution in [3.63, 3.8) is 0 Å². The molecule has 0 aliphatic carbocycles. The van der Waals surface area contributed by atoms with Crippen molar-refractivity contribution in [2.75, 3.05) is 13.1 Å². The minimum absolute atomic E-state index is 0.0253. The van der Waals surface area contributed by atoms with Gasteiger partial charge in [-0.15, -0.1) is 23.5 Å². The molecular weight excluding hydrogens is 685 g/mol. The van der Waals surface area contributed by atoms with Crippen molar-refractivity contribution in [1.82, 2.24) is 31.5 Å². The SMILES string of the molecule is CC(C)(C)NC(=O)C1N(C[C@H](O)CNC(=O)[C@@H]2N[C@@H]([C@H](NC(=O)Cc3ccccc3)C(=O)NCc3ccccc3)SC2(C)C)C(C)(C)SC1(C)C. The molecule has 2 aromatic rings. The van der Waals surface area contributed by atoms with Crippen molar-refractivity contribution in [1.29, 1.82) is 0 Å². The van der Waals surface area contributed by atoms with Gasteiger partial charge in [0.05, 0.1) is 22.8 Å². The number of carbonyl (C=O) groups excluding carboxylic acids is 4. The maximum absolute atomic E-state index is 13.7. The van der Waals surface area contributed by atoms with E-state index in [1.54, 1.807) is 11.8 Å². The molecule has 11 nitrogen and oxygen atoms in total. The van der Waals surface area contributed by atoms with E-state index in [4.69, 9.17) is 0 Å². The minimum atomic E-state index is -0.966. The van der Waals surface area contributed by atoms with Crippen molar-refractivity contribution in [3.05, 3.63) is 71.8 Å². The zero-order valence-electron chi connectivity index (χ0n) is 31.3. The van der Waals surface area contributed by atoms with Crippen LogP contribution in [0, 0.1) is 0 Å². The van der Waals surface area contributed by atoms with Crippen LogP contribution in [0.1, 0.15) is 73.4 Å². The Hall–Kier alpha value is -3.10. The number of carbonyl (C=O) groups is 4. The van der Waals surface area contributed by atoms with Crippen LogP contribution in [0.4, 0.5) is 0 Å². The minimum Gasteiger partial charge on any atom is -0.390 e. The molecule has 0 spiro atoms. The Bertz CT molecular complexity index is 1530. The summed E-state index contributed by atoms with van der Waals surface area (Å²) >= 11 is 3.10. The Kier molecular flexibility index (Phi) is 13.0. The van der Waals surface area contributed by atoms with Crippen LogP contribution in [0.25, 0.3) is 0 Å². The normalized spacial score (nSPS) is 23.5. The predicted molar refractivity (Wildman–Crippen MR) is 206 cm³/mol. The summed E-state index contributed by atoms with van der Waals surface area (Å²) in [7, 11) is 0.